The van der Waals surface area contributed by atoms with Gasteiger partial charge in [0.25, 0.3) is 0 Å². The van der Waals surface area contributed by atoms with Gasteiger partial charge in [-0.05, 0) is 42.8 Å². The molecule has 0 unspecified atom stereocenters. The molecule has 9 heteroatoms. The van der Waals surface area contributed by atoms with Crippen molar-refractivity contribution in [3.05, 3.63) is 64.6 Å². The van der Waals surface area contributed by atoms with Gasteiger partial charge in [0.2, 0.25) is 5.28 Å². The molecular formula is C18H10ClF4N3O. The second-order valence-electron chi connectivity index (χ2n) is 5.45. The highest BCUT2D eigenvalue weighted by Crippen LogP contribution is 2.35. The molecule has 0 aliphatic carbocycles. The van der Waals surface area contributed by atoms with Crippen molar-refractivity contribution >= 4 is 11.6 Å². The van der Waals surface area contributed by atoms with E-state index < -0.39 is 23.8 Å². The summed E-state index contributed by atoms with van der Waals surface area (Å²) in [7, 11) is 0. The Bertz CT molecular complexity index is 1040. The maximum atomic E-state index is 14.5. The van der Waals surface area contributed by atoms with Crippen LogP contribution in [0.1, 0.15) is 11.3 Å². The molecule has 138 valence electrons. The van der Waals surface area contributed by atoms with E-state index in [-0.39, 0.29) is 33.7 Å². The number of nitrogens with zero attached hydrogens (tertiary/aromatic N) is 3. The summed E-state index contributed by atoms with van der Waals surface area (Å²) in [5.74, 6) is -2.11. The van der Waals surface area contributed by atoms with Crippen molar-refractivity contribution in [1.82, 2.24) is 9.55 Å². The Morgan fingerprint density at radius 2 is 1.85 bits per heavy atom. The van der Waals surface area contributed by atoms with Crippen LogP contribution in [-0.4, -0.2) is 16.2 Å². The number of rotatable bonds is 4. The van der Waals surface area contributed by atoms with Crippen LogP contribution in [0.4, 0.5) is 17.6 Å². The van der Waals surface area contributed by atoms with Gasteiger partial charge in [-0.2, -0.15) is 14.0 Å². The van der Waals surface area contributed by atoms with Crippen LogP contribution in [0.25, 0.3) is 16.9 Å². The van der Waals surface area contributed by atoms with E-state index >= 15 is 0 Å². The highest BCUT2D eigenvalue weighted by atomic mass is 35.5. The molecule has 0 fully saturated rings. The molecule has 0 N–H and O–H groups in total. The molecule has 4 nitrogen and oxygen atoms in total. The Morgan fingerprint density at radius 3 is 2.44 bits per heavy atom. The Balaban J connectivity index is 2.24. The molecule has 3 rings (SSSR count). The number of alkyl halides is 2. The fourth-order valence-electron chi connectivity index (χ4n) is 2.69. The minimum absolute atomic E-state index is 0.00585. The van der Waals surface area contributed by atoms with Crippen LogP contribution in [0.3, 0.4) is 0 Å². The van der Waals surface area contributed by atoms with Crippen LogP contribution < -0.4 is 4.74 Å². The number of nitriles is 1. The first kappa shape index (κ1) is 18.7. The summed E-state index contributed by atoms with van der Waals surface area (Å²) in [6.07, 6.45) is 0. The molecule has 0 amide bonds. The third-order valence-electron chi connectivity index (χ3n) is 3.72. The number of imidazole rings is 1. The SMILES string of the molecule is Cc1nc(Cl)n(-c2cccc(OC(F)F)c2)c1-c1c(F)cc(C#N)cc1F. The standard InChI is InChI=1S/C18H10ClF4N3O/c1-9-16(15-13(20)5-10(8-24)6-14(15)21)26(17(19)25-9)11-3-2-4-12(7-11)27-18(22)23/h2-7,18H,1H3. The monoisotopic (exact) mass is 395 g/mol. The number of aryl methyl sites for hydroxylation is 1. The second kappa shape index (κ2) is 7.29. The molecule has 0 atom stereocenters. The largest absolute Gasteiger partial charge is 0.435 e. The molecule has 3 aromatic rings. The second-order valence-corrected chi connectivity index (χ2v) is 5.79. The number of benzene rings is 2. The van der Waals surface area contributed by atoms with E-state index in [4.69, 9.17) is 16.9 Å². The Morgan fingerprint density at radius 1 is 1.19 bits per heavy atom. The van der Waals surface area contributed by atoms with E-state index in [0.717, 1.165) is 12.1 Å². The molecule has 2 aromatic carbocycles. The third-order valence-corrected chi connectivity index (χ3v) is 3.97. The van der Waals surface area contributed by atoms with Gasteiger partial charge in [0, 0.05) is 6.07 Å². The van der Waals surface area contributed by atoms with Crippen LogP contribution in [-0.2, 0) is 0 Å². The van der Waals surface area contributed by atoms with E-state index in [0.29, 0.717) is 0 Å². The molecular weight excluding hydrogens is 386 g/mol. The van der Waals surface area contributed by atoms with Gasteiger partial charge in [-0.15, -0.1) is 0 Å². The molecule has 0 aliphatic rings. The zero-order valence-corrected chi connectivity index (χ0v) is 14.4. The van der Waals surface area contributed by atoms with Gasteiger partial charge in [-0.3, -0.25) is 4.57 Å². The first-order valence-electron chi connectivity index (χ1n) is 7.51. The zero-order valence-electron chi connectivity index (χ0n) is 13.7. The number of ether oxygens (including phenoxy) is 1. The molecule has 0 saturated heterocycles. The van der Waals surface area contributed by atoms with E-state index in [2.05, 4.69) is 9.72 Å². The Labute approximate surface area is 156 Å². The van der Waals surface area contributed by atoms with E-state index in [9.17, 15) is 17.6 Å². The summed E-state index contributed by atoms with van der Waals surface area (Å²) in [5, 5.41) is 8.72. The van der Waals surface area contributed by atoms with E-state index in [1.807, 2.05) is 0 Å². The van der Waals surface area contributed by atoms with Gasteiger partial charge in [0.1, 0.15) is 17.4 Å². The first-order valence-corrected chi connectivity index (χ1v) is 7.89. The highest BCUT2D eigenvalue weighted by Gasteiger charge is 2.23. The van der Waals surface area contributed by atoms with Gasteiger partial charge in [0.15, 0.2) is 0 Å². The lowest BCUT2D eigenvalue weighted by molar-refractivity contribution is -0.0498. The van der Waals surface area contributed by atoms with Crippen molar-refractivity contribution in [2.45, 2.75) is 13.5 Å². The third kappa shape index (κ3) is 3.59. The van der Waals surface area contributed by atoms with Crippen molar-refractivity contribution in [1.29, 1.82) is 5.26 Å². The quantitative estimate of drug-likeness (QED) is 0.567. The van der Waals surface area contributed by atoms with Gasteiger partial charge in [0.05, 0.1) is 34.3 Å². The van der Waals surface area contributed by atoms with E-state index in [1.54, 1.807) is 6.07 Å². The normalized spacial score (nSPS) is 10.9. The Hall–Kier alpha value is -3.05. The van der Waals surface area contributed by atoms with Gasteiger partial charge in [-0.25, -0.2) is 13.8 Å². The molecule has 0 spiro atoms. The number of aromatic nitrogens is 2. The molecule has 0 saturated carbocycles. The average Bonchev–Trinajstić information content (AvgIpc) is 2.88. The summed E-state index contributed by atoms with van der Waals surface area (Å²) in [4.78, 5) is 4.02. The average molecular weight is 396 g/mol. The fraction of sp³-hybridized carbons (Fsp3) is 0.111. The highest BCUT2D eigenvalue weighted by molar-refractivity contribution is 6.29. The molecule has 27 heavy (non-hydrogen) atoms. The maximum Gasteiger partial charge on any atom is 0.387 e. The molecule has 1 aromatic heterocycles. The number of hydrogen-bond acceptors (Lipinski definition) is 3. The van der Waals surface area contributed by atoms with Crippen LogP contribution >= 0.6 is 11.6 Å². The van der Waals surface area contributed by atoms with Crippen molar-refractivity contribution in [3.8, 4) is 28.8 Å². The Kier molecular flexibility index (Phi) is 5.06. The van der Waals surface area contributed by atoms with E-state index in [1.165, 1.54) is 35.8 Å². The molecule has 0 aliphatic heterocycles. The van der Waals surface area contributed by atoms with Crippen molar-refractivity contribution < 1.29 is 22.3 Å². The summed E-state index contributed by atoms with van der Waals surface area (Å²) >= 11 is 6.12. The molecule has 0 radical (unpaired) electrons. The van der Waals surface area contributed by atoms with Crippen molar-refractivity contribution in [2.24, 2.45) is 0 Å². The lowest BCUT2D eigenvalue weighted by atomic mass is 10.1. The zero-order chi connectivity index (χ0) is 19.7. The van der Waals surface area contributed by atoms with Crippen LogP contribution in [0.5, 0.6) is 5.75 Å². The van der Waals surface area contributed by atoms with Crippen molar-refractivity contribution in [2.75, 3.05) is 0 Å². The van der Waals surface area contributed by atoms with Gasteiger partial charge in [-0.1, -0.05) is 6.07 Å². The minimum Gasteiger partial charge on any atom is -0.435 e. The summed E-state index contributed by atoms with van der Waals surface area (Å²) in [6, 6.07) is 8.90. The lowest BCUT2D eigenvalue weighted by Gasteiger charge is -2.13. The summed E-state index contributed by atoms with van der Waals surface area (Å²) in [6.45, 7) is -1.54. The summed E-state index contributed by atoms with van der Waals surface area (Å²) in [5.41, 5.74) is -0.199. The maximum absolute atomic E-state index is 14.5. The minimum atomic E-state index is -3.03. The predicted molar refractivity (Wildman–Crippen MR) is 90.0 cm³/mol. The van der Waals surface area contributed by atoms with Crippen LogP contribution in [0, 0.1) is 29.9 Å². The first-order chi connectivity index (χ1) is 12.8. The summed E-state index contributed by atoms with van der Waals surface area (Å²) < 4.78 is 59.5. The van der Waals surface area contributed by atoms with Crippen LogP contribution in [0.2, 0.25) is 5.28 Å². The topological polar surface area (TPSA) is 50.8 Å². The number of halogens is 5. The fourth-order valence-corrected chi connectivity index (χ4v) is 3.00. The van der Waals surface area contributed by atoms with Gasteiger partial charge >= 0.3 is 6.61 Å². The molecule has 0 bridgehead atoms. The number of hydrogen-bond donors (Lipinski definition) is 0. The van der Waals surface area contributed by atoms with Gasteiger partial charge < -0.3 is 4.74 Å². The molecule has 1 heterocycles. The smallest absolute Gasteiger partial charge is 0.387 e. The predicted octanol–water partition coefficient (Wildman–Crippen LogP) is 5.25. The van der Waals surface area contributed by atoms with Crippen LogP contribution in [0.15, 0.2) is 36.4 Å². The lowest BCUT2D eigenvalue weighted by Crippen LogP contribution is -2.04. The van der Waals surface area contributed by atoms with Crippen molar-refractivity contribution in [3.63, 3.8) is 0 Å².